The van der Waals surface area contributed by atoms with Crippen LogP contribution in [0.4, 0.5) is 5.69 Å². The van der Waals surface area contributed by atoms with Crippen molar-refractivity contribution in [2.75, 3.05) is 25.1 Å². The van der Waals surface area contributed by atoms with Gasteiger partial charge >= 0.3 is 0 Å². The molecule has 0 spiro atoms. The van der Waals surface area contributed by atoms with E-state index in [0.29, 0.717) is 5.92 Å². The third-order valence-corrected chi connectivity index (χ3v) is 4.20. The summed E-state index contributed by atoms with van der Waals surface area (Å²) in [6.45, 7) is 2.88. The number of hydrogen-bond acceptors (Lipinski definition) is 3. The summed E-state index contributed by atoms with van der Waals surface area (Å²) in [4.78, 5) is 0. The number of ether oxygens (including phenoxy) is 1. The van der Waals surface area contributed by atoms with E-state index in [2.05, 4.69) is 35.0 Å². The number of thiophene rings is 1. The fourth-order valence-corrected chi connectivity index (χ4v) is 3.08. The Bertz CT molecular complexity index is 488. The van der Waals surface area contributed by atoms with Crippen LogP contribution in [0.1, 0.15) is 12.8 Å². The summed E-state index contributed by atoms with van der Waals surface area (Å²) >= 11 is 1.79. The van der Waals surface area contributed by atoms with E-state index in [4.69, 9.17) is 4.74 Å². The topological polar surface area (TPSA) is 21.3 Å². The number of hydrogen-bond donors (Lipinski definition) is 1. The first kappa shape index (κ1) is 11.1. The second kappa shape index (κ2) is 5.07. The minimum Gasteiger partial charge on any atom is -0.385 e. The van der Waals surface area contributed by atoms with Crippen LogP contribution in [-0.4, -0.2) is 19.8 Å². The number of anilines is 1. The van der Waals surface area contributed by atoms with Gasteiger partial charge in [-0.15, -0.1) is 11.3 Å². The van der Waals surface area contributed by atoms with Gasteiger partial charge in [0.1, 0.15) is 0 Å². The molecule has 2 nitrogen and oxygen atoms in total. The minimum atomic E-state index is 0.668. The number of rotatable bonds is 3. The molecular formula is C14H17NOS. The summed E-state index contributed by atoms with van der Waals surface area (Å²) in [5.74, 6) is 0.668. The molecule has 17 heavy (non-hydrogen) atoms. The van der Waals surface area contributed by atoms with Crippen molar-refractivity contribution in [2.24, 2.45) is 5.92 Å². The van der Waals surface area contributed by atoms with Crippen LogP contribution >= 0.6 is 11.3 Å². The van der Waals surface area contributed by atoms with Crippen LogP contribution in [0.25, 0.3) is 10.1 Å². The fraction of sp³-hybridized carbons (Fsp3) is 0.429. The van der Waals surface area contributed by atoms with E-state index in [1.807, 2.05) is 0 Å². The van der Waals surface area contributed by atoms with Crippen LogP contribution in [0.15, 0.2) is 29.6 Å². The lowest BCUT2D eigenvalue weighted by Gasteiger charge is -2.22. The Morgan fingerprint density at radius 2 is 2.35 bits per heavy atom. The molecule has 2 heterocycles. The highest BCUT2D eigenvalue weighted by atomic mass is 32.1. The summed E-state index contributed by atoms with van der Waals surface area (Å²) in [5, 5.41) is 7.00. The molecule has 90 valence electrons. The van der Waals surface area contributed by atoms with E-state index in [9.17, 15) is 0 Å². The molecule has 0 bridgehead atoms. The van der Waals surface area contributed by atoms with Gasteiger partial charge in [0.25, 0.3) is 0 Å². The van der Waals surface area contributed by atoms with Crippen molar-refractivity contribution in [3.05, 3.63) is 29.6 Å². The fourth-order valence-electron chi connectivity index (χ4n) is 2.31. The van der Waals surface area contributed by atoms with Crippen molar-refractivity contribution < 1.29 is 4.74 Å². The van der Waals surface area contributed by atoms with E-state index in [0.717, 1.165) is 19.8 Å². The van der Waals surface area contributed by atoms with Gasteiger partial charge in [-0.3, -0.25) is 0 Å². The van der Waals surface area contributed by atoms with Gasteiger partial charge in [-0.1, -0.05) is 0 Å². The van der Waals surface area contributed by atoms with E-state index in [-0.39, 0.29) is 0 Å². The average molecular weight is 247 g/mol. The molecule has 0 aliphatic carbocycles. The molecule has 1 aromatic carbocycles. The smallest absolute Gasteiger partial charge is 0.0511 e. The second-order valence-electron chi connectivity index (χ2n) is 4.64. The molecule has 1 fully saturated rings. The van der Waals surface area contributed by atoms with Gasteiger partial charge in [0.05, 0.1) is 6.61 Å². The Hall–Kier alpha value is -1.06. The van der Waals surface area contributed by atoms with Crippen LogP contribution in [0, 0.1) is 5.92 Å². The highest BCUT2D eigenvalue weighted by molar-refractivity contribution is 7.17. The quantitative estimate of drug-likeness (QED) is 0.892. The van der Waals surface area contributed by atoms with Crippen molar-refractivity contribution in [1.82, 2.24) is 0 Å². The third kappa shape index (κ3) is 2.61. The lowest BCUT2D eigenvalue weighted by Crippen LogP contribution is -2.24. The normalized spacial score (nSPS) is 20.6. The Morgan fingerprint density at radius 3 is 3.24 bits per heavy atom. The molecule has 1 saturated heterocycles. The highest BCUT2D eigenvalue weighted by Gasteiger charge is 2.13. The predicted octanol–water partition coefficient (Wildman–Crippen LogP) is 3.74. The molecule has 1 aromatic heterocycles. The van der Waals surface area contributed by atoms with Crippen molar-refractivity contribution >= 4 is 27.1 Å². The minimum absolute atomic E-state index is 0.668. The summed E-state index contributed by atoms with van der Waals surface area (Å²) in [6, 6.07) is 8.77. The average Bonchev–Trinajstić information content (AvgIpc) is 2.85. The van der Waals surface area contributed by atoms with Gasteiger partial charge in [0.2, 0.25) is 0 Å². The lowest BCUT2D eigenvalue weighted by molar-refractivity contribution is 0.0595. The number of fused-ring (bicyclic) bond motifs is 1. The van der Waals surface area contributed by atoms with Crippen molar-refractivity contribution in [3.8, 4) is 0 Å². The molecule has 1 atom stereocenters. The summed E-state index contributed by atoms with van der Waals surface area (Å²) < 4.78 is 6.85. The van der Waals surface area contributed by atoms with Crippen molar-refractivity contribution in [2.45, 2.75) is 12.8 Å². The van der Waals surface area contributed by atoms with E-state index in [1.165, 1.54) is 28.6 Å². The standard InChI is InChI=1S/C14H17NOS/c1-2-11(10-16-6-1)9-15-13-3-4-14-12(8-13)5-7-17-14/h3-5,7-8,11,15H,1-2,6,9-10H2. The van der Waals surface area contributed by atoms with Gasteiger partial charge in [-0.05, 0) is 53.8 Å². The Morgan fingerprint density at radius 1 is 1.35 bits per heavy atom. The SMILES string of the molecule is c1cc2cc(NCC3CCCOC3)ccc2s1. The Labute approximate surface area is 106 Å². The molecule has 2 aromatic rings. The van der Waals surface area contributed by atoms with Crippen LogP contribution in [0.2, 0.25) is 0 Å². The molecule has 3 rings (SSSR count). The van der Waals surface area contributed by atoms with Crippen LogP contribution in [-0.2, 0) is 4.74 Å². The first-order valence-corrected chi connectivity index (χ1v) is 7.09. The molecule has 1 aliphatic rings. The maximum atomic E-state index is 5.49. The Balaban J connectivity index is 1.63. The first-order valence-electron chi connectivity index (χ1n) is 6.21. The van der Waals surface area contributed by atoms with Crippen molar-refractivity contribution in [1.29, 1.82) is 0 Å². The predicted molar refractivity (Wildman–Crippen MR) is 73.9 cm³/mol. The van der Waals surface area contributed by atoms with Crippen LogP contribution in [0.3, 0.4) is 0 Å². The van der Waals surface area contributed by atoms with E-state index < -0.39 is 0 Å². The van der Waals surface area contributed by atoms with Gasteiger partial charge < -0.3 is 10.1 Å². The van der Waals surface area contributed by atoms with Gasteiger partial charge in [0, 0.05) is 23.5 Å². The molecular weight excluding hydrogens is 230 g/mol. The van der Waals surface area contributed by atoms with E-state index in [1.54, 1.807) is 11.3 Å². The number of benzene rings is 1. The summed E-state index contributed by atoms with van der Waals surface area (Å²) in [5.41, 5.74) is 1.22. The lowest BCUT2D eigenvalue weighted by atomic mass is 10.0. The zero-order valence-corrected chi connectivity index (χ0v) is 10.6. The maximum absolute atomic E-state index is 5.49. The van der Waals surface area contributed by atoms with Crippen LogP contribution in [0.5, 0.6) is 0 Å². The van der Waals surface area contributed by atoms with Gasteiger partial charge in [-0.25, -0.2) is 0 Å². The van der Waals surface area contributed by atoms with Crippen LogP contribution < -0.4 is 5.32 Å². The zero-order chi connectivity index (χ0) is 11.5. The molecule has 3 heteroatoms. The summed E-state index contributed by atoms with van der Waals surface area (Å²) in [6.07, 6.45) is 2.49. The largest absolute Gasteiger partial charge is 0.385 e. The Kier molecular flexibility index (Phi) is 3.29. The molecule has 0 amide bonds. The van der Waals surface area contributed by atoms with E-state index >= 15 is 0 Å². The van der Waals surface area contributed by atoms with Gasteiger partial charge in [-0.2, -0.15) is 0 Å². The first-order chi connectivity index (χ1) is 8.42. The maximum Gasteiger partial charge on any atom is 0.0511 e. The third-order valence-electron chi connectivity index (χ3n) is 3.30. The van der Waals surface area contributed by atoms with Crippen molar-refractivity contribution in [3.63, 3.8) is 0 Å². The molecule has 1 aliphatic heterocycles. The molecule has 0 saturated carbocycles. The molecule has 0 radical (unpaired) electrons. The zero-order valence-electron chi connectivity index (χ0n) is 9.82. The summed E-state index contributed by atoms with van der Waals surface area (Å²) in [7, 11) is 0. The second-order valence-corrected chi connectivity index (χ2v) is 5.58. The monoisotopic (exact) mass is 247 g/mol. The molecule has 1 N–H and O–H groups in total. The molecule has 1 unspecified atom stereocenters. The number of nitrogens with one attached hydrogen (secondary N) is 1. The highest BCUT2D eigenvalue weighted by Crippen LogP contribution is 2.24. The van der Waals surface area contributed by atoms with Gasteiger partial charge in [0.15, 0.2) is 0 Å².